The lowest BCUT2D eigenvalue weighted by Crippen LogP contribution is -2.43. The number of rotatable bonds is 5. The van der Waals surface area contributed by atoms with Crippen LogP contribution in [0.15, 0.2) is 18.2 Å². The highest BCUT2D eigenvalue weighted by Crippen LogP contribution is 2.13. The molecule has 1 unspecified atom stereocenters. The number of nitriles is 1. The maximum atomic E-state index is 13.8. The maximum Gasteiger partial charge on any atom is 0.239 e. The lowest BCUT2D eigenvalue weighted by atomic mass is 10.1. The fourth-order valence-corrected chi connectivity index (χ4v) is 1.69. The molecule has 1 N–H and O–H groups in total. The molecule has 0 saturated heterocycles. The van der Waals surface area contributed by atoms with Crippen molar-refractivity contribution in [3.05, 3.63) is 35.1 Å². The molecule has 0 radical (unpaired) electrons. The average molecular weight is 263 g/mol. The van der Waals surface area contributed by atoms with Crippen LogP contribution >= 0.6 is 0 Å². The van der Waals surface area contributed by atoms with E-state index in [-0.39, 0.29) is 24.1 Å². The number of hydrogen-bond donors (Lipinski definition) is 1. The second kappa shape index (κ2) is 6.86. The summed E-state index contributed by atoms with van der Waals surface area (Å²) in [5.74, 6) is -0.531. The van der Waals surface area contributed by atoms with Crippen LogP contribution < -0.4 is 5.32 Å². The Morgan fingerprint density at radius 3 is 2.74 bits per heavy atom. The van der Waals surface area contributed by atoms with Gasteiger partial charge in [-0.05, 0) is 33.0 Å². The summed E-state index contributed by atoms with van der Waals surface area (Å²) in [6.07, 6.45) is 0. The quantitative estimate of drug-likeness (QED) is 0.879. The predicted octanol–water partition coefficient (Wildman–Crippen LogP) is 1.65. The van der Waals surface area contributed by atoms with E-state index in [1.54, 1.807) is 31.0 Å². The Morgan fingerprint density at radius 1 is 1.58 bits per heavy atom. The number of nitrogens with one attached hydrogen (secondary N) is 1. The fraction of sp³-hybridized carbons (Fsp3) is 0.429. The third-order valence-corrected chi connectivity index (χ3v) is 3.04. The second-order valence-electron chi connectivity index (χ2n) is 4.28. The number of benzene rings is 1. The molecule has 0 spiro atoms. The topological polar surface area (TPSA) is 56.1 Å². The normalized spacial score (nSPS) is 11.7. The Kier molecular flexibility index (Phi) is 5.46. The van der Waals surface area contributed by atoms with Gasteiger partial charge in [-0.25, -0.2) is 4.39 Å². The van der Waals surface area contributed by atoms with Crippen molar-refractivity contribution in [1.29, 1.82) is 5.26 Å². The van der Waals surface area contributed by atoms with Gasteiger partial charge in [-0.3, -0.25) is 4.79 Å². The number of amides is 1. The molecule has 0 aromatic heterocycles. The van der Waals surface area contributed by atoms with Crippen molar-refractivity contribution in [1.82, 2.24) is 10.2 Å². The van der Waals surface area contributed by atoms with E-state index >= 15 is 0 Å². The average Bonchev–Trinajstić information content (AvgIpc) is 2.44. The van der Waals surface area contributed by atoms with E-state index in [1.807, 2.05) is 13.0 Å². The monoisotopic (exact) mass is 263 g/mol. The molecule has 1 rings (SSSR count). The molecule has 19 heavy (non-hydrogen) atoms. The number of carbonyl (C=O) groups is 1. The minimum absolute atomic E-state index is 0.0752. The molecule has 1 amide bonds. The number of halogens is 1. The van der Waals surface area contributed by atoms with Crippen LogP contribution in [0.25, 0.3) is 0 Å². The smallest absolute Gasteiger partial charge is 0.239 e. The molecule has 1 atom stereocenters. The highest BCUT2D eigenvalue weighted by molar-refractivity contribution is 5.81. The van der Waals surface area contributed by atoms with Crippen molar-refractivity contribution >= 4 is 5.91 Å². The molecular formula is C14H18FN3O. The minimum atomic E-state index is -0.456. The molecule has 4 nitrogen and oxygen atoms in total. The van der Waals surface area contributed by atoms with E-state index in [2.05, 4.69) is 5.32 Å². The van der Waals surface area contributed by atoms with E-state index in [4.69, 9.17) is 5.26 Å². The van der Waals surface area contributed by atoms with Crippen LogP contribution in [-0.2, 0) is 11.3 Å². The zero-order valence-corrected chi connectivity index (χ0v) is 11.4. The van der Waals surface area contributed by atoms with Crippen molar-refractivity contribution in [3.63, 3.8) is 0 Å². The summed E-state index contributed by atoms with van der Waals surface area (Å²) in [6.45, 7) is 4.32. The Bertz CT molecular complexity index is 496. The Morgan fingerprint density at radius 2 is 2.26 bits per heavy atom. The van der Waals surface area contributed by atoms with Gasteiger partial charge >= 0.3 is 0 Å². The lowest BCUT2D eigenvalue weighted by molar-refractivity contribution is -0.133. The molecule has 0 aliphatic carbocycles. The van der Waals surface area contributed by atoms with E-state index in [0.717, 1.165) is 0 Å². The first-order valence-corrected chi connectivity index (χ1v) is 6.18. The number of likely N-dealkylation sites (N-methyl/N-ethyl adjacent to an activating group) is 2. The predicted molar refractivity (Wildman–Crippen MR) is 70.7 cm³/mol. The number of carbonyl (C=O) groups excluding carboxylic acids is 1. The van der Waals surface area contributed by atoms with Crippen molar-refractivity contribution in [3.8, 4) is 6.07 Å². The largest absolute Gasteiger partial charge is 0.337 e. The summed E-state index contributed by atoms with van der Waals surface area (Å²) >= 11 is 0. The van der Waals surface area contributed by atoms with E-state index in [9.17, 15) is 9.18 Å². The van der Waals surface area contributed by atoms with E-state index < -0.39 is 5.82 Å². The van der Waals surface area contributed by atoms with Gasteiger partial charge in [0.2, 0.25) is 5.91 Å². The second-order valence-corrected chi connectivity index (χ2v) is 4.28. The van der Waals surface area contributed by atoms with Crippen molar-refractivity contribution in [2.24, 2.45) is 0 Å². The van der Waals surface area contributed by atoms with Crippen molar-refractivity contribution < 1.29 is 9.18 Å². The van der Waals surface area contributed by atoms with Gasteiger partial charge < -0.3 is 10.2 Å². The molecule has 5 heteroatoms. The van der Waals surface area contributed by atoms with Gasteiger partial charge in [0.25, 0.3) is 0 Å². The molecule has 0 aliphatic heterocycles. The Hall–Kier alpha value is -1.93. The van der Waals surface area contributed by atoms with E-state index in [0.29, 0.717) is 12.1 Å². The van der Waals surface area contributed by atoms with Gasteiger partial charge in [0.1, 0.15) is 5.82 Å². The van der Waals surface area contributed by atoms with Crippen LogP contribution in [0.1, 0.15) is 25.0 Å². The lowest BCUT2D eigenvalue weighted by Gasteiger charge is -2.24. The molecular weight excluding hydrogens is 245 g/mol. The van der Waals surface area contributed by atoms with Crippen LogP contribution in [0.2, 0.25) is 0 Å². The number of hydrogen-bond acceptors (Lipinski definition) is 3. The van der Waals surface area contributed by atoms with Crippen LogP contribution in [-0.4, -0.2) is 30.4 Å². The van der Waals surface area contributed by atoms with Gasteiger partial charge in [0.15, 0.2) is 0 Å². The van der Waals surface area contributed by atoms with Gasteiger partial charge in [0.05, 0.1) is 17.7 Å². The third-order valence-electron chi connectivity index (χ3n) is 3.04. The Balaban J connectivity index is 2.88. The third kappa shape index (κ3) is 3.76. The van der Waals surface area contributed by atoms with Crippen LogP contribution in [0.4, 0.5) is 4.39 Å². The molecule has 0 aliphatic rings. The standard InChI is InChI=1S/C14H18FN3O/c1-4-18(14(19)10(2)17-3)9-12-6-5-11(8-16)7-13(12)15/h5-7,10,17H,4,9H2,1-3H3. The SMILES string of the molecule is CCN(Cc1ccc(C#N)cc1F)C(=O)C(C)NC. The first-order valence-electron chi connectivity index (χ1n) is 6.18. The Labute approximate surface area is 112 Å². The summed E-state index contributed by atoms with van der Waals surface area (Å²) < 4.78 is 13.8. The molecule has 0 bridgehead atoms. The molecule has 1 aromatic carbocycles. The van der Waals surface area contributed by atoms with Gasteiger partial charge in [-0.2, -0.15) is 5.26 Å². The summed E-state index contributed by atoms with van der Waals surface area (Å²) in [5.41, 5.74) is 0.691. The molecule has 1 aromatic rings. The van der Waals surface area contributed by atoms with Gasteiger partial charge in [0, 0.05) is 18.7 Å². The zero-order chi connectivity index (χ0) is 14.4. The summed E-state index contributed by atoms with van der Waals surface area (Å²) in [6, 6.07) is 5.87. The van der Waals surface area contributed by atoms with E-state index in [1.165, 1.54) is 6.07 Å². The molecule has 0 saturated carbocycles. The van der Waals surface area contributed by atoms with Gasteiger partial charge in [-0.15, -0.1) is 0 Å². The van der Waals surface area contributed by atoms with Crippen molar-refractivity contribution in [2.75, 3.05) is 13.6 Å². The van der Waals surface area contributed by atoms with Crippen molar-refractivity contribution in [2.45, 2.75) is 26.4 Å². The van der Waals surface area contributed by atoms with Crippen LogP contribution in [0, 0.1) is 17.1 Å². The maximum absolute atomic E-state index is 13.8. The van der Waals surface area contributed by atoms with Gasteiger partial charge in [-0.1, -0.05) is 6.07 Å². The van der Waals surface area contributed by atoms with Crippen LogP contribution in [0.3, 0.4) is 0 Å². The molecule has 0 fully saturated rings. The summed E-state index contributed by atoms with van der Waals surface area (Å²) in [7, 11) is 1.71. The molecule has 102 valence electrons. The minimum Gasteiger partial charge on any atom is -0.337 e. The van der Waals surface area contributed by atoms with Crippen LogP contribution in [0.5, 0.6) is 0 Å². The fourth-order valence-electron chi connectivity index (χ4n) is 1.69. The summed E-state index contributed by atoms with van der Waals surface area (Å²) in [5, 5.41) is 11.6. The number of nitrogens with zero attached hydrogens (tertiary/aromatic N) is 2. The highest BCUT2D eigenvalue weighted by Gasteiger charge is 2.19. The zero-order valence-electron chi connectivity index (χ0n) is 11.4. The summed E-state index contributed by atoms with van der Waals surface area (Å²) in [4.78, 5) is 13.6. The first-order chi connectivity index (χ1) is 9.03. The highest BCUT2D eigenvalue weighted by atomic mass is 19.1. The molecule has 0 heterocycles. The first kappa shape index (κ1) is 15.1.